The summed E-state index contributed by atoms with van der Waals surface area (Å²) in [6.07, 6.45) is 4.15. The van der Waals surface area contributed by atoms with E-state index >= 15 is 0 Å². The van der Waals surface area contributed by atoms with Gasteiger partial charge in [-0.1, -0.05) is 6.07 Å². The highest BCUT2D eigenvalue weighted by Gasteiger charge is 2.27. The van der Waals surface area contributed by atoms with Crippen LogP contribution in [0.15, 0.2) is 35.3 Å². The molecule has 0 saturated heterocycles. The fourth-order valence-corrected chi connectivity index (χ4v) is 1.96. The first-order valence-corrected chi connectivity index (χ1v) is 5.49. The molecule has 1 aliphatic carbocycles. The third-order valence-electron chi connectivity index (χ3n) is 3.02. The van der Waals surface area contributed by atoms with Crippen LogP contribution in [0, 0.1) is 5.92 Å². The molecule has 0 bridgehead atoms. The van der Waals surface area contributed by atoms with Gasteiger partial charge in [0.25, 0.3) is 11.5 Å². The van der Waals surface area contributed by atoms with E-state index in [4.69, 9.17) is 0 Å². The maximum atomic E-state index is 11.6. The van der Waals surface area contributed by atoms with Crippen molar-refractivity contribution in [3.8, 4) is 5.88 Å². The average molecular weight is 217 g/mol. The second-order valence-electron chi connectivity index (χ2n) is 4.32. The molecule has 16 heavy (non-hydrogen) atoms. The molecule has 0 amide bonds. The Kier molecular flexibility index (Phi) is 1.96. The van der Waals surface area contributed by atoms with E-state index in [-0.39, 0.29) is 11.4 Å². The lowest BCUT2D eigenvalue weighted by Gasteiger charge is -2.04. The summed E-state index contributed by atoms with van der Waals surface area (Å²) >= 11 is 0. The van der Waals surface area contributed by atoms with Gasteiger partial charge in [-0.15, -0.1) is 0 Å². The van der Waals surface area contributed by atoms with Crippen molar-refractivity contribution in [2.75, 3.05) is 0 Å². The first-order chi connectivity index (χ1) is 7.75. The fourth-order valence-electron chi connectivity index (χ4n) is 1.96. The molecule has 1 saturated carbocycles. The van der Waals surface area contributed by atoms with Crippen molar-refractivity contribution >= 4 is 5.65 Å². The van der Waals surface area contributed by atoms with Crippen molar-refractivity contribution in [1.82, 2.24) is 4.40 Å². The van der Waals surface area contributed by atoms with Crippen molar-refractivity contribution < 1.29 is 9.67 Å². The Morgan fingerprint density at radius 2 is 2.25 bits per heavy atom. The van der Waals surface area contributed by atoms with Crippen molar-refractivity contribution in [1.29, 1.82) is 0 Å². The minimum absolute atomic E-state index is 0.0584. The lowest BCUT2D eigenvalue weighted by Crippen LogP contribution is -2.40. The number of fused-ring (bicyclic) bond motifs is 1. The van der Waals surface area contributed by atoms with E-state index in [0.717, 1.165) is 12.2 Å². The maximum absolute atomic E-state index is 11.6. The van der Waals surface area contributed by atoms with Gasteiger partial charge >= 0.3 is 5.56 Å². The van der Waals surface area contributed by atoms with Crippen molar-refractivity contribution in [2.24, 2.45) is 5.92 Å². The normalized spacial score (nSPS) is 15.5. The molecule has 0 radical (unpaired) electrons. The molecule has 3 rings (SSSR count). The number of nitrogens with zero attached hydrogens (tertiary/aromatic N) is 2. The quantitative estimate of drug-likeness (QED) is 0.753. The molecule has 0 aromatic carbocycles. The van der Waals surface area contributed by atoms with E-state index in [9.17, 15) is 9.90 Å². The van der Waals surface area contributed by atoms with E-state index in [2.05, 4.69) is 0 Å². The molecule has 0 unspecified atom stereocenters. The highest BCUT2D eigenvalue weighted by atomic mass is 16.3. The first kappa shape index (κ1) is 9.39. The number of aromatic nitrogens is 2. The second kappa shape index (κ2) is 3.33. The SMILES string of the molecule is O=c1cc(O)[n+](CC2CC2)c2ccccn12. The minimum Gasteiger partial charge on any atom is -0.478 e. The van der Waals surface area contributed by atoms with Crippen LogP contribution in [-0.2, 0) is 6.54 Å². The summed E-state index contributed by atoms with van der Waals surface area (Å²) < 4.78 is 3.36. The Morgan fingerprint density at radius 1 is 1.44 bits per heavy atom. The summed E-state index contributed by atoms with van der Waals surface area (Å²) in [5.74, 6) is 0.709. The van der Waals surface area contributed by atoms with Gasteiger partial charge in [0.1, 0.15) is 6.07 Å². The number of hydrogen-bond acceptors (Lipinski definition) is 2. The molecule has 1 fully saturated rings. The van der Waals surface area contributed by atoms with E-state index in [1.807, 2.05) is 18.2 Å². The molecule has 1 N–H and O–H groups in total. The average Bonchev–Trinajstić information content (AvgIpc) is 3.08. The zero-order valence-electron chi connectivity index (χ0n) is 8.84. The van der Waals surface area contributed by atoms with Crippen LogP contribution in [0.2, 0.25) is 0 Å². The van der Waals surface area contributed by atoms with Crippen LogP contribution < -0.4 is 10.1 Å². The molecule has 2 aromatic rings. The smallest absolute Gasteiger partial charge is 0.346 e. The summed E-state index contributed by atoms with van der Waals surface area (Å²) in [4.78, 5) is 11.6. The van der Waals surface area contributed by atoms with Crippen LogP contribution in [0.5, 0.6) is 5.88 Å². The maximum Gasteiger partial charge on any atom is 0.346 e. The van der Waals surface area contributed by atoms with Gasteiger partial charge in [-0.2, -0.15) is 8.97 Å². The molecule has 0 atom stereocenters. The summed E-state index contributed by atoms with van der Waals surface area (Å²) in [6, 6.07) is 6.81. The molecule has 0 aliphatic heterocycles. The largest absolute Gasteiger partial charge is 0.478 e. The van der Waals surface area contributed by atoms with Gasteiger partial charge in [0, 0.05) is 6.07 Å². The second-order valence-corrected chi connectivity index (χ2v) is 4.32. The Labute approximate surface area is 92.4 Å². The highest BCUT2D eigenvalue weighted by molar-refractivity contribution is 5.32. The zero-order valence-corrected chi connectivity index (χ0v) is 8.84. The van der Waals surface area contributed by atoms with Crippen LogP contribution in [0.1, 0.15) is 12.8 Å². The van der Waals surface area contributed by atoms with Crippen LogP contribution in [0.4, 0.5) is 0 Å². The fraction of sp³-hybridized carbons (Fsp3) is 0.333. The zero-order chi connectivity index (χ0) is 11.1. The van der Waals surface area contributed by atoms with Crippen LogP contribution >= 0.6 is 0 Å². The number of aromatic hydroxyl groups is 1. The minimum atomic E-state index is -0.194. The summed E-state index contributed by atoms with van der Waals surface area (Å²) in [5.41, 5.74) is 0.555. The molecular formula is C12H13N2O2+. The number of rotatable bonds is 2. The topological polar surface area (TPSA) is 45.6 Å². The third-order valence-corrected chi connectivity index (χ3v) is 3.02. The Hall–Kier alpha value is -1.84. The van der Waals surface area contributed by atoms with E-state index in [1.165, 1.54) is 18.9 Å². The molecule has 2 heterocycles. The standard InChI is InChI=1S/C12H12N2O2/c15-11-7-12(16)14(8-9-4-5-9)10-3-1-2-6-13(10)11/h1-3,6-7,9H,4-5,8H2/p+1. The van der Waals surface area contributed by atoms with Crippen LogP contribution in [-0.4, -0.2) is 9.51 Å². The van der Waals surface area contributed by atoms with Gasteiger partial charge in [-0.05, 0) is 24.8 Å². The number of hydrogen-bond donors (Lipinski definition) is 1. The Bertz CT molecular complexity index is 599. The Morgan fingerprint density at radius 3 is 3.00 bits per heavy atom. The van der Waals surface area contributed by atoms with Crippen molar-refractivity contribution in [2.45, 2.75) is 19.4 Å². The van der Waals surface area contributed by atoms with Crippen LogP contribution in [0.25, 0.3) is 5.65 Å². The predicted molar refractivity (Wildman–Crippen MR) is 58.3 cm³/mol. The van der Waals surface area contributed by atoms with Gasteiger partial charge < -0.3 is 5.11 Å². The monoisotopic (exact) mass is 217 g/mol. The summed E-state index contributed by atoms with van der Waals surface area (Å²) in [6.45, 7) is 0.791. The molecule has 0 spiro atoms. The van der Waals surface area contributed by atoms with Gasteiger partial charge in [0.05, 0.1) is 12.7 Å². The third kappa shape index (κ3) is 1.46. The van der Waals surface area contributed by atoms with Crippen LogP contribution in [0.3, 0.4) is 0 Å². The predicted octanol–water partition coefficient (Wildman–Crippen LogP) is 0.703. The first-order valence-electron chi connectivity index (χ1n) is 5.49. The summed E-state index contributed by atoms with van der Waals surface area (Å²) in [5, 5.41) is 9.82. The lowest BCUT2D eigenvalue weighted by molar-refractivity contribution is -0.684. The molecule has 1 aliphatic rings. The van der Waals surface area contributed by atoms with E-state index < -0.39 is 0 Å². The highest BCUT2D eigenvalue weighted by Crippen LogP contribution is 2.29. The molecule has 4 heteroatoms. The number of pyridine rings is 1. The lowest BCUT2D eigenvalue weighted by atomic mass is 10.3. The molecule has 2 aromatic heterocycles. The summed E-state index contributed by atoms with van der Waals surface area (Å²) in [7, 11) is 0. The van der Waals surface area contributed by atoms with Gasteiger partial charge in [-0.3, -0.25) is 0 Å². The molecule has 82 valence electrons. The van der Waals surface area contributed by atoms with Crippen molar-refractivity contribution in [3.63, 3.8) is 0 Å². The Balaban J connectivity index is 2.27. The van der Waals surface area contributed by atoms with Gasteiger partial charge in [-0.25, -0.2) is 4.79 Å². The van der Waals surface area contributed by atoms with Gasteiger partial charge in [0.2, 0.25) is 0 Å². The van der Waals surface area contributed by atoms with Crippen molar-refractivity contribution in [3.05, 3.63) is 40.8 Å². The molecular weight excluding hydrogens is 204 g/mol. The molecule has 4 nitrogen and oxygen atoms in total. The van der Waals surface area contributed by atoms with E-state index in [1.54, 1.807) is 15.2 Å². The van der Waals surface area contributed by atoms with E-state index in [0.29, 0.717) is 5.92 Å². The van der Waals surface area contributed by atoms with Gasteiger partial charge in [0.15, 0.2) is 0 Å².